The van der Waals surface area contributed by atoms with Gasteiger partial charge in [0.1, 0.15) is 5.75 Å². The molecule has 1 fully saturated rings. The SMILES string of the molecule is COc1ccc(C(C)(C)[C@H]2[C@H](CCn3cc(CCO)nn3)O[C@@]3(C(=O)N(Cc4ccccc4)c4ccc(N5C(=O)c6cccc7cccc5c67)cc43)[C@@H]2C)cc1. The lowest BCUT2D eigenvalue weighted by Gasteiger charge is -2.38. The fourth-order valence-electron chi connectivity index (χ4n) is 9.74. The molecule has 0 radical (unpaired) electrons. The molecule has 0 aliphatic carbocycles. The molecular weight excluding hydrogens is 703 g/mol. The van der Waals surface area contributed by atoms with Gasteiger partial charge >= 0.3 is 0 Å². The van der Waals surface area contributed by atoms with Gasteiger partial charge in [-0.2, -0.15) is 0 Å². The predicted octanol–water partition coefficient (Wildman–Crippen LogP) is 7.73. The minimum Gasteiger partial charge on any atom is -0.497 e. The monoisotopic (exact) mass is 747 g/mol. The molecule has 1 saturated heterocycles. The number of amides is 2. The smallest absolute Gasteiger partial charge is 0.264 e. The quantitative estimate of drug-likeness (QED) is 0.145. The third kappa shape index (κ3) is 5.53. The van der Waals surface area contributed by atoms with E-state index in [2.05, 4.69) is 43.2 Å². The molecule has 0 saturated carbocycles. The number of benzene rings is 5. The lowest BCUT2D eigenvalue weighted by molar-refractivity contribution is -0.146. The second kappa shape index (κ2) is 13.7. The van der Waals surface area contributed by atoms with Crippen LogP contribution in [0.1, 0.15) is 59.9 Å². The number of carbonyl (C=O) groups excluding carboxylic acids is 2. The number of hydrogen-bond donors (Lipinski definition) is 1. The van der Waals surface area contributed by atoms with Gasteiger partial charge in [-0.3, -0.25) is 19.2 Å². The Morgan fingerprint density at radius 1 is 0.911 bits per heavy atom. The molecule has 6 aromatic rings. The van der Waals surface area contributed by atoms with Crippen molar-refractivity contribution in [3.8, 4) is 5.75 Å². The van der Waals surface area contributed by atoms with Crippen molar-refractivity contribution in [1.29, 1.82) is 0 Å². The lowest BCUT2D eigenvalue weighted by atomic mass is 9.63. The summed E-state index contributed by atoms with van der Waals surface area (Å²) >= 11 is 0. The molecule has 10 heteroatoms. The van der Waals surface area contributed by atoms with Crippen molar-refractivity contribution in [2.45, 2.75) is 63.8 Å². The van der Waals surface area contributed by atoms with Gasteiger partial charge in [-0.15, -0.1) is 5.10 Å². The van der Waals surface area contributed by atoms with Gasteiger partial charge in [-0.1, -0.05) is 92.7 Å². The van der Waals surface area contributed by atoms with Crippen molar-refractivity contribution in [2.24, 2.45) is 11.8 Å². The first-order chi connectivity index (χ1) is 27.1. The first-order valence-electron chi connectivity index (χ1n) is 19.3. The molecule has 1 N–H and O–H groups in total. The average molecular weight is 748 g/mol. The van der Waals surface area contributed by atoms with E-state index in [4.69, 9.17) is 9.47 Å². The second-order valence-electron chi connectivity index (χ2n) is 15.8. The second-order valence-corrected chi connectivity index (χ2v) is 15.8. The Morgan fingerprint density at radius 3 is 2.43 bits per heavy atom. The number of rotatable bonds is 11. The molecule has 5 aromatic carbocycles. The summed E-state index contributed by atoms with van der Waals surface area (Å²) < 4.78 is 14.7. The Morgan fingerprint density at radius 2 is 1.68 bits per heavy atom. The largest absolute Gasteiger partial charge is 0.497 e. The molecule has 2 amide bonds. The van der Waals surface area contributed by atoms with Crippen LogP contribution in [0.3, 0.4) is 0 Å². The zero-order valence-electron chi connectivity index (χ0n) is 32.1. The third-order valence-electron chi connectivity index (χ3n) is 12.4. The van der Waals surface area contributed by atoms with Crippen LogP contribution >= 0.6 is 0 Å². The number of aliphatic hydroxyl groups is 1. The molecule has 56 heavy (non-hydrogen) atoms. The van der Waals surface area contributed by atoms with Gasteiger partial charge in [0.25, 0.3) is 11.8 Å². The number of hydrogen-bond acceptors (Lipinski definition) is 7. The summed E-state index contributed by atoms with van der Waals surface area (Å²) in [6.07, 6.45) is 2.50. The summed E-state index contributed by atoms with van der Waals surface area (Å²) in [4.78, 5) is 33.3. The predicted molar refractivity (Wildman–Crippen MR) is 215 cm³/mol. The van der Waals surface area contributed by atoms with Crippen molar-refractivity contribution >= 4 is 39.6 Å². The molecule has 3 aliphatic heterocycles. The molecule has 1 spiro atoms. The Bertz CT molecular complexity index is 2460. The summed E-state index contributed by atoms with van der Waals surface area (Å²) in [6, 6.07) is 36.0. The maximum Gasteiger partial charge on any atom is 0.264 e. The molecule has 3 aliphatic rings. The Kier molecular flexibility index (Phi) is 8.78. The summed E-state index contributed by atoms with van der Waals surface area (Å²) in [5, 5.41) is 20.0. The van der Waals surface area contributed by atoms with Crippen molar-refractivity contribution in [3.63, 3.8) is 0 Å². The topological polar surface area (TPSA) is 110 Å². The van der Waals surface area contributed by atoms with Crippen molar-refractivity contribution in [2.75, 3.05) is 23.5 Å². The van der Waals surface area contributed by atoms with Crippen molar-refractivity contribution in [1.82, 2.24) is 15.0 Å². The first-order valence-corrected chi connectivity index (χ1v) is 19.3. The lowest BCUT2D eigenvalue weighted by Crippen LogP contribution is -2.45. The van der Waals surface area contributed by atoms with E-state index in [0.29, 0.717) is 37.2 Å². The highest BCUT2D eigenvalue weighted by Crippen LogP contribution is 2.60. The molecule has 4 heterocycles. The summed E-state index contributed by atoms with van der Waals surface area (Å²) in [6.45, 7) is 7.51. The van der Waals surface area contributed by atoms with E-state index < -0.39 is 11.0 Å². The van der Waals surface area contributed by atoms with E-state index in [0.717, 1.165) is 50.3 Å². The van der Waals surface area contributed by atoms with Gasteiger partial charge < -0.3 is 19.5 Å². The van der Waals surface area contributed by atoms with Crippen LogP contribution in [0.15, 0.2) is 115 Å². The number of carbonyl (C=O) groups is 2. The Hall–Kier alpha value is -5.84. The molecule has 10 nitrogen and oxygen atoms in total. The summed E-state index contributed by atoms with van der Waals surface area (Å²) in [5.41, 5.74) is 4.78. The minimum absolute atomic E-state index is 0.00413. The van der Waals surface area contributed by atoms with Gasteiger partial charge in [0, 0.05) is 54.2 Å². The van der Waals surface area contributed by atoms with Gasteiger partial charge in [0.2, 0.25) is 0 Å². The highest BCUT2D eigenvalue weighted by atomic mass is 16.5. The molecule has 0 unspecified atom stereocenters. The molecular formula is C46H45N5O5. The molecule has 284 valence electrons. The standard InChI is InChI=1S/C46H45N5O5/c1-29-42(45(2,3)32-16-19-35(55-4)20-17-32)40(22-24-49-28-33(23-25-52)47-48-49)56-46(29)37-26-34(18-21-38(37)50(44(46)54)27-30-10-6-5-7-11-30)51-39-15-9-13-31-12-8-14-36(41(31)39)43(51)53/h5-21,26,28-29,40,42,52H,22-25,27H2,1-4H3/t29-,40+,42-,46+/m1/s1. The highest BCUT2D eigenvalue weighted by Gasteiger charge is 2.66. The fourth-order valence-corrected chi connectivity index (χ4v) is 9.74. The number of aryl methyl sites for hydroxylation is 1. The fraction of sp³-hybridized carbons (Fsp3) is 0.304. The molecule has 1 aromatic heterocycles. The van der Waals surface area contributed by atoms with Crippen LogP contribution in [0.2, 0.25) is 0 Å². The average Bonchev–Trinajstić information content (AvgIpc) is 3.94. The van der Waals surface area contributed by atoms with Gasteiger partial charge in [0.15, 0.2) is 5.60 Å². The van der Waals surface area contributed by atoms with Crippen molar-refractivity contribution in [3.05, 3.63) is 143 Å². The third-order valence-corrected chi connectivity index (χ3v) is 12.4. The van der Waals surface area contributed by atoms with Crippen LogP contribution in [-0.2, 0) is 40.1 Å². The van der Waals surface area contributed by atoms with Crippen LogP contribution in [0, 0.1) is 11.8 Å². The van der Waals surface area contributed by atoms with Crippen LogP contribution in [0.5, 0.6) is 5.75 Å². The van der Waals surface area contributed by atoms with E-state index in [1.54, 1.807) is 16.7 Å². The van der Waals surface area contributed by atoms with Crippen LogP contribution in [0.25, 0.3) is 10.8 Å². The highest BCUT2D eigenvalue weighted by molar-refractivity contribution is 6.28. The summed E-state index contributed by atoms with van der Waals surface area (Å²) in [7, 11) is 1.66. The maximum absolute atomic E-state index is 15.5. The van der Waals surface area contributed by atoms with Gasteiger partial charge in [-0.05, 0) is 70.8 Å². The van der Waals surface area contributed by atoms with E-state index in [-0.39, 0.29) is 36.4 Å². The number of nitrogens with zero attached hydrogens (tertiary/aromatic N) is 5. The number of anilines is 3. The number of methoxy groups -OCH3 is 1. The van der Waals surface area contributed by atoms with Gasteiger partial charge in [-0.25, -0.2) is 0 Å². The van der Waals surface area contributed by atoms with E-state index >= 15 is 4.79 Å². The Balaban J connectivity index is 1.18. The van der Waals surface area contributed by atoms with Crippen LogP contribution in [-0.4, -0.2) is 51.7 Å². The van der Waals surface area contributed by atoms with E-state index in [1.807, 2.05) is 108 Å². The zero-order chi connectivity index (χ0) is 38.8. The van der Waals surface area contributed by atoms with Gasteiger partial charge in [0.05, 0.1) is 42.4 Å². The number of fused-ring (bicyclic) bond motifs is 2. The summed E-state index contributed by atoms with van der Waals surface area (Å²) in [5.74, 6) is 0.156. The van der Waals surface area contributed by atoms with E-state index in [1.165, 1.54) is 0 Å². The number of ether oxygens (including phenoxy) is 2. The minimum atomic E-state index is -1.34. The molecule has 0 bridgehead atoms. The first kappa shape index (κ1) is 35.8. The number of aromatic nitrogens is 3. The zero-order valence-corrected chi connectivity index (χ0v) is 32.1. The molecule has 9 rings (SSSR count). The van der Waals surface area contributed by atoms with Crippen LogP contribution < -0.4 is 14.5 Å². The van der Waals surface area contributed by atoms with Crippen LogP contribution in [0.4, 0.5) is 17.1 Å². The number of aliphatic hydroxyl groups excluding tert-OH is 1. The maximum atomic E-state index is 15.5. The molecule has 4 atom stereocenters. The normalized spacial score (nSPS) is 21.5. The van der Waals surface area contributed by atoms with E-state index in [9.17, 15) is 9.90 Å². The van der Waals surface area contributed by atoms with Crippen molar-refractivity contribution < 1.29 is 24.2 Å². The Labute approximate surface area is 326 Å².